The second-order valence-corrected chi connectivity index (χ2v) is 5.89. The van der Waals surface area contributed by atoms with Crippen molar-refractivity contribution in [3.63, 3.8) is 0 Å². The Morgan fingerprint density at radius 3 is 2.88 bits per heavy atom. The van der Waals surface area contributed by atoms with Crippen LogP contribution in [0.2, 0.25) is 0 Å². The van der Waals surface area contributed by atoms with Gasteiger partial charge in [0.05, 0.1) is 12.7 Å². The number of aliphatic hydroxyl groups excluding tert-OH is 1. The number of hydrogen-bond acceptors (Lipinski definition) is 2. The van der Waals surface area contributed by atoms with Crippen LogP contribution in [-0.4, -0.2) is 23.4 Å². The van der Waals surface area contributed by atoms with Crippen molar-refractivity contribution in [1.82, 2.24) is 4.57 Å². The number of methoxy groups -OCH3 is 1. The molecule has 1 aliphatic rings. The average molecular weight is 237 g/mol. The lowest BCUT2D eigenvalue weighted by molar-refractivity contribution is 0.0971. The molecule has 1 heterocycles. The summed E-state index contributed by atoms with van der Waals surface area (Å²) in [7, 11) is 1.73. The van der Waals surface area contributed by atoms with Crippen molar-refractivity contribution >= 4 is 0 Å². The van der Waals surface area contributed by atoms with Gasteiger partial charge in [-0.2, -0.15) is 0 Å². The molecule has 3 heteroatoms. The van der Waals surface area contributed by atoms with Gasteiger partial charge in [-0.1, -0.05) is 13.8 Å². The molecule has 1 unspecified atom stereocenters. The van der Waals surface area contributed by atoms with Gasteiger partial charge in [0.25, 0.3) is 0 Å². The summed E-state index contributed by atoms with van der Waals surface area (Å²) in [5, 5.41) is 10.2. The van der Waals surface area contributed by atoms with Crippen molar-refractivity contribution in [2.45, 2.75) is 46.3 Å². The van der Waals surface area contributed by atoms with Crippen LogP contribution in [0, 0.1) is 12.3 Å². The molecule has 1 aromatic rings. The molecule has 0 radical (unpaired) electrons. The standard InChI is InChI=1S/C14H23NO2/c1-10-7-11-12(15(10)5-6-17-4)8-14(2,3)9-13(11)16/h7,13,16H,5-6,8-9H2,1-4H3. The summed E-state index contributed by atoms with van der Waals surface area (Å²) in [5.74, 6) is 0. The van der Waals surface area contributed by atoms with E-state index in [1.807, 2.05) is 0 Å². The lowest BCUT2D eigenvalue weighted by Crippen LogP contribution is -2.27. The minimum absolute atomic E-state index is 0.183. The number of fused-ring (bicyclic) bond motifs is 1. The van der Waals surface area contributed by atoms with E-state index in [-0.39, 0.29) is 11.5 Å². The molecule has 0 saturated carbocycles. The summed E-state index contributed by atoms with van der Waals surface area (Å²) < 4.78 is 7.45. The number of nitrogens with zero attached hydrogens (tertiary/aromatic N) is 1. The van der Waals surface area contributed by atoms with E-state index in [0.29, 0.717) is 0 Å². The topological polar surface area (TPSA) is 34.4 Å². The van der Waals surface area contributed by atoms with Crippen molar-refractivity contribution in [3.05, 3.63) is 23.0 Å². The van der Waals surface area contributed by atoms with E-state index in [9.17, 15) is 5.11 Å². The molecule has 3 nitrogen and oxygen atoms in total. The Morgan fingerprint density at radius 2 is 2.24 bits per heavy atom. The molecule has 0 saturated heterocycles. The maximum Gasteiger partial charge on any atom is 0.0812 e. The molecule has 0 bridgehead atoms. The van der Waals surface area contributed by atoms with Crippen LogP contribution in [-0.2, 0) is 17.7 Å². The van der Waals surface area contributed by atoms with E-state index in [1.165, 1.54) is 11.4 Å². The highest BCUT2D eigenvalue weighted by Gasteiger charge is 2.33. The minimum Gasteiger partial charge on any atom is -0.388 e. The first-order valence-electron chi connectivity index (χ1n) is 6.30. The van der Waals surface area contributed by atoms with Crippen LogP contribution in [0.4, 0.5) is 0 Å². The fourth-order valence-corrected chi connectivity index (χ4v) is 2.89. The molecule has 96 valence electrons. The van der Waals surface area contributed by atoms with Crippen LogP contribution in [0.25, 0.3) is 0 Å². The summed E-state index contributed by atoms with van der Waals surface area (Å²) >= 11 is 0. The molecule has 0 fully saturated rings. The first-order valence-corrected chi connectivity index (χ1v) is 6.30. The van der Waals surface area contributed by atoms with Gasteiger partial charge in [-0.25, -0.2) is 0 Å². The summed E-state index contributed by atoms with van der Waals surface area (Å²) in [6, 6.07) is 2.13. The second kappa shape index (κ2) is 4.46. The summed E-state index contributed by atoms with van der Waals surface area (Å²) in [6.07, 6.45) is 1.58. The number of aryl methyl sites for hydroxylation is 1. The van der Waals surface area contributed by atoms with Crippen LogP contribution in [0.5, 0.6) is 0 Å². The predicted molar refractivity (Wildman–Crippen MR) is 68.1 cm³/mol. The van der Waals surface area contributed by atoms with Crippen LogP contribution in [0.15, 0.2) is 6.07 Å². The van der Waals surface area contributed by atoms with Gasteiger partial charge in [0.15, 0.2) is 0 Å². The van der Waals surface area contributed by atoms with Crippen molar-refractivity contribution in [1.29, 1.82) is 0 Å². The average Bonchev–Trinajstić information content (AvgIpc) is 2.51. The Balaban J connectivity index is 2.36. The second-order valence-electron chi connectivity index (χ2n) is 5.89. The molecular weight excluding hydrogens is 214 g/mol. The number of rotatable bonds is 3. The number of hydrogen-bond donors (Lipinski definition) is 1. The van der Waals surface area contributed by atoms with Crippen LogP contribution >= 0.6 is 0 Å². The normalized spacial score (nSPS) is 22.5. The van der Waals surface area contributed by atoms with Gasteiger partial charge >= 0.3 is 0 Å². The van der Waals surface area contributed by atoms with Gasteiger partial charge in [-0.15, -0.1) is 0 Å². The van der Waals surface area contributed by atoms with Crippen molar-refractivity contribution in [3.8, 4) is 0 Å². The number of aromatic nitrogens is 1. The van der Waals surface area contributed by atoms with E-state index >= 15 is 0 Å². The van der Waals surface area contributed by atoms with Gasteiger partial charge in [0.1, 0.15) is 0 Å². The highest BCUT2D eigenvalue weighted by atomic mass is 16.5. The first-order chi connectivity index (χ1) is 7.94. The summed E-state index contributed by atoms with van der Waals surface area (Å²) in [4.78, 5) is 0. The molecular formula is C14H23NO2. The van der Waals surface area contributed by atoms with Gasteiger partial charge in [0, 0.05) is 30.6 Å². The monoisotopic (exact) mass is 237 g/mol. The molecule has 2 rings (SSSR count). The molecule has 1 N–H and O–H groups in total. The highest BCUT2D eigenvalue weighted by Crippen LogP contribution is 2.41. The molecule has 1 aromatic heterocycles. The zero-order chi connectivity index (χ0) is 12.6. The maximum atomic E-state index is 10.2. The Bertz CT molecular complexity index is 407. The molecule has 0 aromatic carbocycles. The Kier molecular flexibility index (Phi) is 3.32. The van der Waals surface area contributed by atoms with Crippen molar-refractivity contribution < 1.29 is 9.84 Å². The van der Waals surface area contributed by atoms with Crippen LogP contribution in [0.1, 0.15) is 43.3 Å². The third-order valence-electron chi connectivity index (χ3n) is 3.72. The molecule has 1 atom stereocenters. The van der Waals surface area contributed by atoms with Crippen LogP contribution < -0.4 is 0 Å². The summed E-state index contributed by atoms with van der Waals surface area (Å²) in [5.41, 5.74) is 3.83. The lowest BCUT2D eigenvalue weighted by Gasteiger charge is -2.34. The predicted octanol–water partition coefficient (Wildman–Crippen LogP) is 2.45. The van der Waals surface area contributed by atoms with E-state index < -0.39 is 0 Å². The third-order valence-corrected chi connectivity index (χ3v) is 3.72. The third kappa shape index (κ3) is 2.40. The van der Waals surface area contributed by atoms with Gasteiger partial charge in [0.2, 0.25) is 0 Å². The van der Waals surface area contributed by atoms with E-state index in [0.717, 1.165) is 31.6 Å². The maximum absolute atomic E-state index is 10.2. The molecule has 0 spiro atoms. The summed E-state index contributed by atoms with van der Waals surface area (Å²) in [6.45, 7) is 8.15. The van der Waals surface area contributed by atoms with Crippen LogP contribution in [0.3, 0.4) is 0 Å². The fourth-order valence-electron chi connectivity index (χ4n) is 2.89. The highest BCUT2D eigenvalue weighted by molar-refractivity contribution is 5.33. The van der Waals surface area contributed by atoms with E-state index in [2.05, 4.69) is 31.4 Å². The van der Waals surface area contributed by atoms with Crippen molar-refractivity contribution in [2.24, 2.45) is 5.41 Å². The SMILES string of the molecule is COCCn1c(C)cc2c1CC(C)(C)CC2O. The minimum atomic E-state index is -0.309. The molecule has 0 amide bonds. The van der Waals surface area contributed by atoms with Crippen molar-refractivity contribution in [2.75, 3.05) is 13.7 Å². The Morgan fingerprint density at radius 1 is 1.53 bits per heavy atom. The number of aliphatic hydroxyl groups is 1. The Labute approximate surface area is 103 Å². The van der Waals surface area contributed by atoms with Gasteiger partial charge in [-0.05, 0) is 31.2 Å². The smallest absolute Gasteiger partial charge is 0.0812 e. The van der Waals surface area contributed by atoms with Gasteiger partial charge in [-0.3, -0.25) is 0 Å². The lowest BCUT2D eigenvalue weighted by atomic mass is 9.75. The molecule has 1 aliphatic carbocycles. The largest absolute Gasteiger partial charge is 0.388 e. The zero-order valence-electron chi connectivity index (χ0n) is 11.3. The number of ether oxygens (including phenoxy) is 1. The van der Waals surface area contributed by atoms with E-state index in [1.54, 1.807) is 7.11 Å². The van der Waals surface area contributed by atoms with Gasteiger partial charge < -0.3 is 14.4 Å². The Hall–Kier alpha value is -0.800. The van der Waals surface area contributed by atoms with E-state index in [4.69, 9.17) is 4.74 Å². The molecule has 17 heavy (non-hydrogen) atoms. The zero-order valence-corrected chi connectivity index (χ0v) is 11.3. The first kappa shape index (κ1) is 12.7. The molecule has 0 aliphatic heterocycles. The fraction of sp³-hybridized carbons (Fsp3) is 0.714. The quantitative estimate of drug-likeness (QED) is 0.876.